The van der Waals surface area contributed by atoms with Crippen molar-refractivity contribution in [2.45, 2.75) is 38.0 Å². The van der Waals surface area contributed by atoms with Gasteiger partial charge in [-0.1, -0.05) is 0 Å². The van der Waals surface area contributed by atoms with Crippen molar-refractivity contribution in [3.05, 3.63) is 24.0 Å². The number of aromatic nitrogens is 1. The predicted molar refractivity (Wildman–Crippen MR) is 66.2 cm³/mol. The van der Waals surface area contributed by atoms with Crippen molar-refractivity contribution < 1.29 is 9.47 Å². The topological polar surface area (TPSA) is 43.4 Å². The summed E-state index contributed by atoms with van der Waals surface area (Å²) in [7, 11) is 3.61. The van der Waals surface area contributed by atoms with Crippen LogP contribution in [0.15, 0.2) is 18.5 Å². The van der Waals surface area contributed by atoms with Gasteiger partial charge in [0.25, 0.3) is 0 Å². The van der Waals surface area contributed by atoms with Crippen LogP contribution in [0.5, 0.6) is 5.75 Å². The maximum atomic E-state index is 5.91. The Kier molecular flexibility index (Phi) is 3.97. The van der Waals surface area contributed by atoms with E-state index in [1.165, 1.54) is 0 Å². The Bertz CT molecular complexity index is 370. The molecule has 3 unspecified atom stereocenters. The first-order chi connectivity index (χ1) is 8.24. The van der Waals surface area contributed by atoms with E-state index in [-0.39, 0.29) is 12.1 Å². The highest BCUT2D eigenvalue weighted by atomic mass is 16.5. The smallest absolute Gasteiger partial charge is 0.137 e. The van der Waals surface area contributed by atoms with Crippen molar-refractivity contribution in [2.75, 3.05) is 14.2 Å². The second kappa shape index (κ2) is 5.47. The number of nitrogens with one attached hydrogen (secondary N) is 1. The molecule has 4 nitrogen and oxygen atoms in total. The van der Waals surface area contributed by atoms with E-state index < -0.39 is 0 Å². The van der Waals surface area contributed by atoms with E-state index in [4.69, 9.17) is 9.47 Å². The maximum Gasteiger partial charge on any atom is 0.137 e. The molecule has 0 saturated carbocycles. The summed E-state index contributed by atoms with van der Waals surface area (Å²) in [5, 5.41) is 3.31. The van der Waals surface area contributed by atoms with E-state index in [2.05, 4.69) is 17.2 Å². The fraction of sp³-hybridized carbons (Fsp3) is 0.615. The standard InChI is InChI=1S/C13H20N2O2/c1-9-4-5-12(17-9)13(14-2)10-6-11(16-3)8-15-7-10/h6-9,12-14H,4-5H2,1-3H3. The van der Waals surface area contributed by atoms with Gasteiger partial charge < -0.3 is 14.8 Å². The SMILES string of the molecule is CNC(c1cncc(OC)c1)C1CCC(C)O1. The third-order valence-electron chi connectivity index (χ3n) is 3.28. The van der Waals surface area contributed by atoms with E-state index in [1.807, 2.05) is 19.3 Å². The lowest BCUT2D eigenvalue weighted by atomic mass is 10.0. The van der Waals surface area contributed by atoms with Crippen LogP contribution < -0.4 is 10.1 Å². The Morgan fingerprint density at radius 3 is 2.88 bits per heavy atom. The van der Waals surface area contributed by atoms with E-state index in [0.29, 0.717) is 6.10 Å². The lowest BCUT2D eigenvalue weighted by Crippen LogP contribution is -2.29. The number of hydrogen-bond donors (Lipinski definition) is 1. The van der Waals surface area contributed by atoms with E-state index in [1.54, 1.807) is 13.3 Å². The van der Waals surface area contributed by atoms with Gasteiger partial charge in [0, 0.05) is 6.20 Å². The molecule has 2 heterocycles. The van der Waals surface area contributed by atoms with E-state index in [0.717, 1.165) is 24.2 Å². The van der Waals surface area contributed by atoms with Gasteiger partial charge in [0.2, 0.25) is 0 Å². The van der Waals surface area contributed by atoms with Gasteiger partial charge in [0.15, 0.2) is 0 Å². The molecule has 0 spiro atoms. The summed E-state index contributed by atoms with van der Waals surface area (Å²) in [4.78, 5) is 4.19. The molecule has 0 radical (unpaired) electrons. The summed E-state index contributed by atoms with van der Waals surface area (Å²) >= 11 is 0. The zero-order chi connectivity index (χ0) is 12.3. The Hall–Kier alpha value is -1.13. The van der Waals surface area contributed by atoms with Crippen LogP contribution in [0.25, 0.3) is 0 Å². The first-order valence-corrected chi connectivity index (χ1v) is 6.06. The molecule has 1 saturated heterocycles. The molecule has 17 heavy (non-hydrogen) atoms. The third-order valence-corrected chi connectivity index (χ3v) is 3.28. The first kappa shape index (κ1) is 12.3. The quantitative estimate of drug-likeness (QED) is 0.867. The van der Waals surface area contributed by atoms with Gasteiger partial charge in [-0.2, -0.15) is 0 Å². The molecule has 1 aliphatic rings. The van der Waals surface area contributed by atoms with Crippen LogP contribution in [0.2, 0.25) is 0 Å². The molecule has 0 aromatic carbocycles. The van der Waals surface area contributed by atoms with Gasteiger partial charge in [-0.05, 0) is 38.4 Å². The minimum absolute atomic E-state index is 0.183. The molecule has 1 aromatic rings. The molecular weight excluding hydrogens is 216 g/mol. The molecule has 0 bridgehead atoms. The highest BCUT2D eigenvalue weighted by molar-refractivity contribution is 5.26. The molecule has 1 fully saturated rings. The lowest BCUT2D eigenvalue weighted by Gasteiger charge is -2.23. The zero-order valence-electron chi connectivity index (χ0n) is 10.6. The minimum atomic E-state index is 0.183. The number of hydrogen-bond acceptors (Lipinski definition) is 4. The highest BCUT2D eigenvalue weighted by Gasteiger charge is 2.30. The molecule has 1 N–H and O–H groups in total. The number of ether oxygens (including phenoxy) is 2. The fourth-order valence-electron chi connectivity index (χ4n) is 2.36. The van der Waals surface area contributed by atoms with Crippen LogP contribution in [0.3, 0.4) is 0 Å². The molecule has 94 valence electrons. The molecule has 0 aliphatic carbocycles. The molecule has 4 heteroatoms. The van der Waals surface area contributed by atoms with Crippen LogP contribution in [-0.2, 0) is 4.74 Å². The average molecular weight is 236 g/mol. The number of methoxy groups -OCH3 is 1. The molecule has 1 aliphatic heterocycles. The van der Waals surface area contributed by atoms with Gasteiger partial charge in [-0.3, -0.25) is 4.98 Å². The summed E-state index contributed by atoms with van der Waals surface area (Å²) in [6, 6.07) is 2.20. The molecule has 0 amide bonds. The summed E-state index contributed by atoms with van der Waals surface area (Å²) in [6.07, 6.45) is 6.38. The number of pyridine rings is 1. The minimum Gasteiger partial charge on any atom is -0.495 e. The first-order valence-electron chi connectivity index (χ1n) is 6.06. The Balaban J connectivity index is 2.16. The summed E-state index contributed by atoms with van der Waals surface area (Å²) < 4.78 is 11.1. The van der Waals surface area contributed by atoms with E-state index in [9.17, 15) is 0 Å². The highest BCUT2D eigenvalue weighted by Crippen LogP contribution is 2.30. The third kappa shape index (κ3) is 2.76. The second-order valence-corrected chi connectivity index (χ2v) is 4.49. The number of nitrogens with zero attached hydrogens (tertiary/aromatic N) is 1. The fourth-order valence-corrected chi connectivity index (χ4v) is 2.36. The Morgan fingerprint density at radius 2 is 2.29 bits per heavy atom. The lowest BCUT2D eigenvalue weighted by molar-refractivity contribution is 0.0332. The Morgan fingerprint density at radius 1 is 1.47 bits per heavy atom. The second-order valence-electron chi connectivity index (χ2n) is 4.49. The Labute approximate surface area is 102 Å². The van der Waals surface area contributed by atoms with Crippen LogP contribution in [-0.4, -0.2) is 31.3 Å². The largest absolute Gasteiger partial charge is 0.495 e. The molecule has 2 rings (SSSR count). The van der Waals surface area contributed by atoms with Crippen molar-refractivity contribution >= 4 is 0 Å². The normalized spacial score (nSPS) is 25.8. The number of likely N-dealkylation sites (N-methyl/N-ethyl adjacent to an activating group) is 1. The summed E-state index contributed by atoms with van der Waals surface area (Å²) in [5.74, 6) is 0.786. The van der Waals surface area contributed by atoms with Crippen LogP contribution in [0, 0.1) is 0 Å². The maximum absolute atomic E-state index is 5.91. The number of rotatable bonds is 4. The van der Waals surface area contributed by atoms with Crippen LogP contribution in [0.4, 0.5) is 0 Å². The van der Waals surface area contributed by atoms with Crippen LogP contribution in [0.1, 0.15) is 31.4 Å². The monoisotopic (exact) mass is 236 g/mol. The van der Waals surface area contributed by atoms with Crippen molar-refractivity contribution in [1.82, 2.24) is 10.3 Å². The molecule has 3 atom stereocenters. The van der Waals surface area contributed by atoms with Crippen molar-refractivity contribution in [3.8, 4) is 5.75 Å². The van der Waals surface area contributed by atoms with Gasteiger partial charge >= 0.3 is 0 Å². The summed E-state index contributed by atoms with van der Waals surface area (Å²) in [5.41, 5.74) is 1.12. The van der Waals surface area contributed by atoms with Gasteiger partial charge in [-0.15, -0.1) is 0 Å². The van der Waals surface area contributed by atoms with Gasteiger partial charge in [0.05, 0.1) is 31.6 Å². The van der Waals surface area contributed by atoms with Crippen LogP contribution >= 0.6 is 0 Å². The molecule has 1 aromatic heterocycles. The zero-order valence-corrected chi connectivity index (χ0v) is 10.6. The summed E-state index contributed by atoms with van der Waals surface area (Å²) in [6.45, 7) is 2.12. The van der Waals surface area contributed by atoms with E-state index >= 15 is 0 Å². The predicted octanol–water partition coefficient (Wildman–Crippen LogP) is 1.92. The van der Waals surface area contributed by atoms with Gasteiger partial charge in [0.1, 0.15) is 5.75 Å². The van der Waals surface area contributed by atoms with Crippen molar-refractivity contribution in [2.24, 2.45) is 0 Å². The molecular formula is C13H20N2O2. The van der Waals surface area contributed by atoms with Crippen molar-refractivity contribution in [3.63, 3.8) is 0 Å². The van der Waals surface area contributed by atoms with Crippen molar-refractivity contribution in [1.29, 1.82) is 0 Å². The average Bonchev–Trinajstić information content (AvgIpc) is 2.77. The van der Waals surface area contributed by atoms with Gasteiger partial charge in [-0.25, -0.2) is 0 Å².